The number of aliphatic hydroxyl groups is 2. The number of hydrazine groups is 1. The van der Waals surface area contributed by atoms with Gasteiger partial charge in [-0.25, -0.2) is 4.79 Å². The zero-order chi connectivity index (χ0) is 57.7. The topological polar surface area (TPSA) is 199 Å². The number of hydrogen-bond acceptors (Lipinski definition) is 12. The first kappa shape index (κ1) is 59.9. The molecular weight excluding hydrogens is 1010 g/mol. The lowest BCUT2D eigenvalue weighted by molar-refractivity contribution is -0.189. The maximum atomic E-state index is 15.0. The Morgan fingerprint density at radius 2 is 1.76 bits per heavy atom. The minimum absolute atomic E-state index is 0.00352. The molecule has 2 aromatic carbocycles. The Balaban J connectivity index is 1.19. The number of carbonyl (C=O) groups is 5. The number of cyclic esters (lactones) is 1. The molecule has 2 aromatic heterocycles. The van der Waals surface area contributed by atoms with E-state index in [0.29, 0.717) is 13.0 Å². The van der Waals surface area contributed by atoms with Crippen LogP contribution in [0.4, 0.5) is 0 Å². The molecule has 0 spiro atoms. The molecule has 1 unspecified atom stereocenters. The van der Waals surface area contributed by atoms with E-state index in [2.05, 4.69) is 64.4 Å². The van der Waals surface area contributed by atoms with Crippen LogP contribution in [-0.4, -0.2) is 153 Å². The second-order valence-electron chi connectivity index (χ2n) is 23.8. The molecule has 4 aliphatic heterocycles. The smallest absolute Gasteiger partial charge is 0.355 e. The Hall–Kier alpha value is -6.24. The van der Waals surface area contributed by atoms with Crippen molar-refractivity contribution >= 4 is 46.1 Å². The van der Waals surface area contributed by atoms with E-state index in [9.17, 15) is 34.2 Å². The Kier molecular flexibility index (Phi) is 18.9. The molecule has 80 heavy (non-hydrogen) atoms. The van der Waals surface area contributed by atoms with Crippen molar-refractivity contribution in [1.29, 1.82) is 0 Å². The number of hydrogen-bond donors (Lipinski definition) is 4. The van der Waals surface area contributed by atoms with Crippen molar-refractivity contribution in [2.45, 2.75) is 156 Å². The molecular formula is C63H86N8O9. The van der Waals surface area contributed by atoms with Crippen LogP contribution >= 0.6 is 0 Å². The van der Waals surface area contributed by atoms with Crippen molar-refractivity contribution < 1.29 is 43.7 Å². The first-order valence-corrected chi connectivity index (χ1v) is 29.1. The van der Waals surface area contributed by atoms with E-state index in [-0.39, 0.29) is 63.9 Å². The monoisotopic (exact) mass is 1100 g/mol. The fourth-order valence-electron chi connectivity index (χ4n) is 12.1. The van der Waals surface area contributed by atoms with Crippen LogP contribution in [0.3, 0.4) is 0 Å². The Morgan fingerprint density at radius 3 is 2.46 bits per heavy atom. The van der Waals surface area contributed by atoms with Crippen molar-refractivity contribution in [3.05, 3.63) is 95.3 Å². The standard InChI is InChI=1S/C63H86N8O9/c1-11-14-16-21-53(72)69-32-27-62(77,39-69)59(75)67(9)55(41(4)5)57(73)65-51-34-43-19-17-20-45(33-43)46-22-23-52-48(35-46)50(37-61(7,8)40-80-60(76)63(78)26-18-29-71(66-63)58(51)74)56(70(52)13-3)49-36-47(38-64-54(49)42(6)79-10)44-24-30-68(31-25-44)28-15-12-2/h16-17,19-24,33,35-36,38,41-42,51,55,66,77-78H,11-15,18,25-32,34,37,39-40H2,1-10H3,(H,65,73)/b21-16+/t42-,51-,55-,62?,63-/m0/s1. The number of nitrogens with zero attached hydrogens (tertiary/aromatic N) is 6. The van der Waals surface area contributed by atoms with Crippen molar-refractivity contribution in [1.82, 2.24) is 40.0 Å². The van der Waals surface area contributed by atoms with Gasteiger partial charge in [-0.15, -0.1) is 0 Å². The first-order chi connectivity index (χ1) is 38.1. The minimum Gasteiger partial charge on any atom is -0.462 e. The Bertz CT molecular complexity index is 3000. The van der Waals surface area contributed by atoms with E-state index in [1.54, 1.807) is 27.0 Å². The summed E-state index contributed by atoms with van der Waals surface area (Å²) in [5.74, 6) is -3.67. The number of aryl methyl sites for hydroxylation is 1. The van der Waals surface area contributed by atoms with Gasteiger partial charge in [-0.2, -0.15) is 5.43 Å². The summed E-state index contributed by atoms with van der Waals surface area (Å²) >= 11 is 0. The van der Waals surface area contributed by atoms with Crippen LogP contribution in [-0.2, 0) is 52.8 Å². The molecule has 0 saturated carbocycles. The van der Waals surface area contributed by atoms with Gasteiger partial charge in [-0.1, -0.05) is 96.9 Å². The fourth-order valence-corrected chi connectivity index (χ4v) is 12.1. The third-order valence-electron chi connectivity index (χ3n) is 16.6. The number of methoxy groups -OCH3 is 1. The van der Waals surface area contributed by atoms with E-state index in [4.69, 9.17) is 14.5 Å². The molecule has 17 heteroatoms. The molecule has 0 aliphatic carbocycles. The first-order valence-electron chi connectivity index (χ1n) is 29.1. The summed E-state index contributed by atoms with van der Waals surface area (Å²) < 4.78 is 14.5. The third-order valence-corrected chi connectivity index (χ3v) is 16.6. The number of likely N-dealkylation sites (N-methyl/N-ethyl adjacent to an activating group) is 1. The van der Waals surface area contributed by atoms with Gasteiger partial charge in [0.25, 0.3) is 11.8 Å². The van der Waals surface area contributed by atoms with Crippen LogP contribution in [0.1, 0.15) is 135 Å². The van der Waals surface area contributed by atoms with Gasteiger partial charge in [0, 0.05) is 94.2 Å². The van der Waals surface area contributed by atoms with Crippen LogP contribution < -0.4 is 10.7 Å². The summed E-state index contributed by atoms with van der Waals surface area (Å²) in [5, 5.41) is 29.0. The number of amides is 4. The van der Waals surface area contributed by atoms with Crippen LogP contribution in [0.25, 0.3) is 38.9 Å². The molecule has 4 aliphatic rings. The van der Waals surface area contributed by atoms with Gasteiger partial charge in [-0.05, 0) is 116 Å². The van der Waals surface area contributed by atoms with Gasteiger partial charge in [-0.3, -0.25) is 34.1 Å². The highest BCUT2D eigenvalue weighted by atomic mass is 16.6. The third kappa shape index (κ3) is 12.9. The van der Waals surface area contributed by atoms with E-state index in [0.717, 1.165) is 101 Å². The maximum absolute atomic E-state index is 15.0. The number of rotatable bonds is 16. The molecule has 5 atom stereocenters. The number of carbonyl (C=O) groups excluding carboxylic acids is 5. The van der Waals surface area contributed by atoms with Crippen LogP contribution in [0, 0.1) is 11.3 Å². The molecule has 6 bridgehead atoms. The SMILES string of the molecule is CCC/C=C/C(=O)N1CCC(O)(C(=O)N(C)[C@H](C(=O)N[C@H]2Cc3cccc(c3)-c3ccc4c(c3)c(c(-c3cc(C5=CCN(CCCC)CC5)cnc3[C@H](C)OC)n4CC)CC(C)(C)COC(=O)[C@@]3(O)CCCN(N3)C2=O)C(C)C)C1. The summed E-state index contributed by atoms with van der Waals surface area (Å²) in [7, 11) is 3.15. The number of pyridine rings is 1. The molecule has 2 saturated heterocycles. The van der Waals surface area contributed by atoms with Gasteiger partial charge < -0.3 is 39.4 Å². The van der Waals surface area contributed by atoms with Gasteiger partial charge >= 0.3 is 5.97 Å². The van der Waals surface area contributed by atoms with Crippen molar-refractivity contribution in [3.63, 3.8) is 0 Å². The van der Waals surface area contributed by atoms with E-state index in [1.165, 1.54) is 39.9 Å². The minimum atomic E-state index is -2.27. The number of β-amino-alcohol motifs (C(OH)–C–C–N with tert-alkyl or cyclic N) is 1. The lowest BCUT2D eigenvalue weighted by atomic mass is 9.83. The number of unbranched alkanes of at least 4 members (excludes halogenated alkanes) is 2. The predicted molar refractivity (Wildman–Crippen MR) is 310 cm³/mol. The summed E-state index contributed by atoms with van der Waals surface area (Å²) in [6.07, 6.45) is 12.7. The fraction of sp³-hybridized carbons (Fsp3) is 0.556. The van der Waals surface area contributed by atoms with Crippen LogP contribution in [0.2, 0.25) is 0 Å². The number of esters is 1. The summed E-state index contributed by atoms with van der Waals surface area (Å²) in [5.41, 5.74) is 7.66. The quantitative estimate of drug-likeness (QED) is 0.0630. The number of aromatic nitrogens is 2. The number of fused-ring (bicyclic) bond motifs is 6. The zero-order valence-electron chi connectivity index (χ0n) is 48.9. The highest BCUT2D eigenvalue weighted by Crippen LogP contribution is 2.43. The van der Waals surface area contributed by atoms with E-state index in [1.807, 2.05) is 58.2 Å². The number of nitrogens with one attached hydrogen (secondary N) is 2. The van der Waals surface area contributed by atoms with Crippen molar-refractivity contribution in [2.75, 3.05) is 60.0 Å². The highest BCUT2D eigenvalue weighted by Gasteiger charge is 2.49. The van der Waals surface area contributed by atoms with Gasteiger partial charge in [0.2, 0.25) is 17.5 Å². The predicted octanol–water partition coefficient (Wildman–Crippen LogP) is 7.76. The molecule has 2 fully saturated rings. The summed E-state index contributed by atoms with van der Waals surface area (Å²) in [4.78, 5) is 81.6. The number of ether oxygens (including phenoxy) is 2. The Morgan fingerprint density at radius 1 is 0.988 bits per heavy atom. The van der Waals surface area contributed by atoms with Crippen LogP contribution in [0.5, 0.6) is 0 Å². The molecule has 17 nitrogen and oxygen atoms in total. The number of benzene rings is 2. The zero-order valence-corrected chi connectivity index (χ0v) is 48.9. The summed E-state index contributed by atoms with van der Waals surface area (Å²) in [6.45, 7) is 19.6. The molecule has 0 radical (unpaired) electrons. The molecule has 4 aromatic rings. The van der Waals surface area contributed by atoms with E-state index < -0.39 is 58.4 Å². The maximum Gasteiger partial charge on any atom is 0.355 e. The second-order valence-corrected chi connectivity index (χ2v) is 23.8. The van der Waals surface area contributed by atoms with E-state index >= 15 is 0 Å². The molecule has 4 N–H and O–H groups in total. The van der Waals surface area contributed by atoms with Crippen LogP contribution in [0.15, 0.2) is 73.0 Å². The van der Waals surface area contributed by atoms with Gasteiger partial charge in [0.1, 0.15) is 12.1 Å². The highest BCUT2D eigenvalue weighted by molar-refractivity contribution is 5.97. The average Bonchev–Trinajstić information content (AvgIpc) is 4.11. The normalized spacial score (nSPS) is 22.8. The van der Waals surface area contributed by atoms with Gasteiger partial charge in [0.05, 0.1) is 30.6 Å². The lowest BCUT2D eigenvalue weighted by Gasteiger charge is -2.40. The van der Waals surface area contributed by atoms with Gasteiger partial charge in [0.15, 0.2) is 5.60 Å². The summed E-state index contributed by atoms with van der Waals surface area (Å²) in [6, 6.07) is 14.2. The Labute approximate surface area is 472 Å². The average molecular weight is 1100 g/mol. The van der Waals surface area contributed by atoms with Crippen molar-refractivity contribution in [3.8, 4) is 22.4 Å². The number of allylic oxidation sites excluding steroid dienone is 1. The molecule has 8 rings (SSSR count). The van der Waals surface area contributed by atoms with Crippen molar-refractivity contribution in [2.24, 2.45) is 11.3 Å². The number of likely N-dealkylation sites (tertiary alicyclic amines) is 1. The molecule has 432 valence electrons. The molecule has 4 amide bonds. The largest absolute Gasteiger partial charge is 0.462 e. The second kappa shape index (κ2) is 25.3. The molecule has 6 heterocycles. The lowest BCUT2D eigenvalue weighted by Crippen LogP contribution is -2.67.